The van der Waals surface area contributed by atoms with Gasteiger partial charge in [0.1, 0.15) is 11.5 Å². The van der Waals surface area contributed by atoms with Crippen LogP contribution in [0.4, 0.5) is 5.69 Å². The van der Waals surface area contributed by atoms with Crippen LogP contribution in [0.3, 0.4) is 0 Å². The predicted molar refractivity (Wildman–Crippen MR) is 126 cm³/mol. The van der Waals surface area contributed by atoms with Crippen LogP contribution in [0.15, 0.2) is 96.2 Å². The number of benzene rings is 3. The standard InChI is InChI=1S/C26H22N2O3S/c1-19-4-2-3-5-26(19)31-23-7-9-24(10-8-23)32(29,30)28-17-14-22-18-21(6-11-25(22)28)20-12-15-27-16-13-20/h2-13,15-16,18H,14,17H2,1H3. The van der Waals surface area contributed by atoms with Crippen LogP contribution in [0.25, 0.3) is 11.1 Å². The van der Waals surface area contributed by atoms with Gasteiger partial charge in [0.25, 0.3) is 10.0 Å². The van der Waals surface area contributed by atoms with E-state index in [0.29, 0.717) is 18.7 Å². The number of aryl methyl sites for hydroxylation is 1. The molecular formula is C26H22N2O3S. The van der Waals surface area contributed by atoms with Crippen molar-refractivity contribution >= 4 is 15.7 Å². The Kier molecular flexibility index (Phi) is 5.15. The summed E-state index contributed by atoms with van der Waals surface area (Å²) in [6.07, 6.45) is 4.19. The molecule has 4 aromatic rings. The van der Waals surface area contributed by atoms with Crippen molar-refractivity contribution < 1.29 is 13.2 Å². The van der Waals surface area contributed by atoms with E-state index in [4.69, 9.17) is 4.74 Å². The van der Waals surface area contributed by atoms with Crippen molar-refractivity contribution in [3.8, 4) is 22.6 Å². The molecule has 0 spiro atoms. The molecule has 6 heteroatoms. The zero-order valence-electron chi connectivity index (χ0n) is 17.6. The fraction of sp³-hybridized carbons (Fsp3) is 0.115. The highest BCUT2D eigenvalue weighted by Gasteiger charge is 2.31. The van der Waals surface area contributed by atoms with Gasteiger partial charge in [0, 0.05) is 18.9 Å². The number of hydrogen-bond acceptors (Lipinski definition) is 4. The summed E-state index contributed by atoms with van der Waals surface area (Å²) in [6, 6.07) is 24.1. The van der Waals surface area contributed by atoms with Crippen LogP contribution in [-0.4, -0.2) is 19.9 Å². The van der Waals surface area contributed by atoms with Gasteiger partial charge in [-0.3, -0.25) is 9.29 Å². The van der Waals surface area contributed by atoms with E-state index in [0.717, 1.165) is 33.7 Å². The molecule has 5 rings (SSSR count). The third-order valence-corrected chi connectivity index (χ3v) is 7.51. The molecule has 0 N–H and O–H groups in total. The van der Waals surface area contributed by atoms with Crippen molar-refractivity contribution in [3.05, 3.63) is 102 Å². The van der Waals surface area contributed by atoms with Crippen LogP contribution >= 0.6 is 0 Å². The predicted octanol–water partition coefficient (Wildman–Crippen LogP) is 5.60. The second kappa shape index (κ2) is 8.13. The molecule has 1 aromatic heterocycles. The second-order valence-electron chi connectivity index (χ2n) is 7.75. The highest BCUT2D eigenvalue weighted by Crippen LogP contribution is 2.36. The van der Waals surface area contributed by atoms with Crippen molar-refractivity contribution in [2.45, 2.75) is 18.2 Å². The summed E-state index contributed by atoms with van der Waals surface area (Å²) in [5.74, 6) is 1.35. The number of aromatic nitrogens is 1. The van der Waals surface area contributed by atoms with E-state index in [1.54, 1.807) is 36.7 Å². The number of hydrogen-bond donors (Lipinski definition) is 0. The Labute approximate surface area is 188 Å². The fourth-order valence-corrected chi connectivity index (χ4v) is 5.45. The molecule has 0 unspecified atom stereocenters. The first-order valence-electron chi connectivity index (χ1n) is 10.4. The van der Waals surface area contributed by atoms with Crippen molar-refractivity contribution in [1.29, 1.82) is 0 Å². The van der Waals surface area contributed by atoms with Crippen LogP contribution in [0.1, 0.15) is 11.1 Å². The minimum absolute atomic E-state index is 0.251. The Bertz CT molecular complexity index is 1370. The van der Waals surface area contributed by atoms with E-state index in [-0.39, 0.29) is 4.90 Å². The monoisotopic (exact) mass is 442 g/mol. The molecule has 1 aliphatic rings. The zero-order chi connectivity index (χ0) is 22.1. The number of ether oxygens (including phenoxy) is 1. The largest absolute Gasteiger partial charge is 0.457 e. The molecule has 32 heavy (non-hydrogen) atoms. The Morgan fingerprint density at radius 3 is 2.38 bits per heavy atom. The summed E-state index contributed by atoms with van der Waals surface area (Å²) in [5, 5.41) is 0. The molecule has 0 saturated carbocycles. The number of fused-ring (bicyclic) bond motifs is 1. The molecule has 0 saturated heterocycles. The lowest BCUT2D eigenvalue weighted by Crippen LogP contribution is -2.29. The summed E-state index contributed by atoms with van der Waals surface area (Å²) in [7, 11) is -3.66. The lowest BCUT2D eigenvalue weighted by atomic mass is 10.0. The van der Waals surface area contributed by atoms with E-state index < -0.39 is 10.0 Å². The van der Waals surface area contributed by atoms with Crippen molar-refractivity contribution in [2.24, 2.45) is 0 Å². The first kappa shape index (κ1) is 20.3. The molecular weight excluding hydrogens is 420 g/mol. The maximum absolute atomic E-state index is 13.4. The average molecular weight is 443 g/mol. The number of para-hydroxylation sites is 1. The molecule has 0 radical (unpaired) electrons. The SMILES string of the molecule is Cc1ccccc1Oc1ccc(S(=O)(=O)N2CCc3cc(-c4ccncc4)ccc32)cc1. The van der Waals surface area contributed by atoms with Crippen LogP contribution in [-0.2, 0) is 16.4 Å². The van der Waals surface area contributed by atoms with Crippen LogP contribution < -0.4 is 9.04 Å². The molecule has 0 atom stereocenters. The molecule has 160 valence electrons. The van der Waals surface area contributed by atoms with Crippen molar-refractivity contribution in [2.75, 3.05) is 10.8 Å². The van der Waals surface area contributed by atoms with Gasteiger partial charge in [-0.25, -0.2) is 8.42 Å². The Morgan fingerprint density at radius 2 is 1.62 bits per heavy atom. The summed E-state index contributed by atoms with van der Waals surface area (Å²) >= 11 is 0. The molecule has 0 bridgehead atoms. The van der Waals surface area contributed by atoms with Gasteiger partial charge in [-0.05, 0) is 90.2 Å². The van der Waals surface area contributed by atoms with Gasteiger partial charge in [-0.1, -0.05) is 24.3 Å². The first-order chi connectivity index (χ1) is 15.5. The summed E-state index contributed by atoms with van der Waals surface area (Å²) in [5.41, 5.74) is 4.91. The van der Waals surface area contributed by atoms with Gasteiger partial charge in [0.15, 0.2) is 0 Å². The molecule has 3 aromatic carbocycles. The molecule has 1 aliphatic heterocycles. The maximum Gasteiger partial charge on any atom is 0.264 e. The maximum atomic E-state index is 13.4. The van der Waals surface area contributed by atoms with Gasteiger partial charge in [0.05, 0.1) is 10.6 Å². The topological polar surface area (TPSA) is 59.5 Å². The number of anilines is 1. The first-order valence-corrected chi connectivity index (χ1v) is 11.9. The zero-order valence-corrected chi connectivity index (χ0v) is 18.4. The van der Waals surface area contributed by atoms with E-state index in [1.807, 2.05) is 55.5 Å². The van der Waals surface area contributed by atoms with Gasteiger partial charge in [-0.2, -0.15) is 0 Å². The third kappa shape index (κ3) is 3.74. The van der Waals surface area contributed by atoms with Crippen molar-refractivity contribution in [1.82, 2.24) is 4.98 Å². The van der Waals surface area contributed by atoms with Gasteiger partial charge < -0.3 is 4.74 Å². The van der Waals surface area contributed by atoms with Crippen LogP contribution in [0, 0.1) is 6.92 Å². The van der Waals surface area contributed by atoms with Gasteiger partial charge >= 0.3 is 0 Å². The highest BCUT2D eigenvalue weighted by molar-refractivity contribution is 7.92. The average Bonchev–Trinajstić information content (AvgIpc) is 3.26. The van der Waals surface area contributed by atoms with E-state index in [1.165, 1.54) is 4.31 Å². The van der Waals surface area contributed by atoms with E-state index in [2.05, 4.69) is 11.1 Å². The highest BCUT2D eigenvalue weighted by atomic mass is 32.2. The molecule has 5 nitrogen and oxygen atoms in total. The molecule has 0 amide bonds. The summed E-state index contributed by atoms with van der Waals surface area (Å²) in [6.45, 7) is 2.40. The lowest BCUT2D eigenvalue weighted by molar-refractivity contribution is 0.478. The van der Waals surface area contributed by atoms with Crippen LogP contribution in [0.2, 0.25) is 0 Å². The minimum atomic E-state index is -3.66. The Morgan fingerprint density at radius 1 is 0.875 bits per heavy atom. The minimum Gasteiger partial charge on any atom is -0.457 e. The van der Waals surface area contributed by atoms with E-state index in [9.17, 15) is 8.42 Å². The van der Waals surface area contributed by atoms with E-state index >= 15 is 0 Å². The number of sulfonamides is 1. The Balaban J connectivity index is 1.39. The molecule has 2 heterocycles. The third-order valence-electron chi connectivity index (χ3n) is 5.68. The number of rotatable bonds is 5. The molecule has 0 aliphatic carbocycles. The normalized spacial score (nSPS) is 13.1. The molecule has 0 fully saturated rings. The number of pyridine rings is 1. The van der Waals surface area contributed by atoms with Gasteiger partial charge in [-0.15, -0.1) is 0 Å². The van der Waals surface area contributed by atoms with Gasteiger partial charge in [0.2, 0.25) is 0 Å². The second-order valence-corrected chi connectivity index (χ2v) is 9.61. The lowest BCUT2D eigenvalue weighted by Gasteiger charge is -2.20. The Hall–Kier alpha value is -3.64. The summed E-state index contributed by atoms with van der Waals surface area (Å²) in [4.78, 5) is 4.31. The summed E-state index contributed by atoms with van der Waals surface area (Å²) < 4.78 is 34.1. The van der Waals surface area contributed by atoms with Crippen molar-refractivity contribution in [3.63, 3.8) is 0 Å². The number of nitrogens with zero attached hydrogens (tertiary/aromatic N) is 2. The fourth-order valence-electron chi connectivity index (χ4n) is 3.95. The van der Waals surface area contributed by atoms with Crippen LogP contribution in [0.5, 0.6) is 11.5 Å². The smallest absolute Gasteiger partial charge is 0.264 e. The quantitative estimate of drug-likeness (QED) is 0.404.